The molecular formula is C45H26ClF7N8. The summed E-state index contributed by atoms with van der Waals surface area (Å²) in [7, 11) is 0. The average molecular weight is 847 g/mol. The fourth-order valence-corrected chi connectivity index (χ4v) is 7.03. The van der Waals surface area contributed by atoms with Crippen molar-refractivity contribution < 1.29 is 30.7 Å². The molecular weight excluding hydrogens is 821 g/mol. The molecule has 0 aliphatic rings. The minimum absolute atomic E-state index is 0.141. The summed E-state index contributed by atoms with van der Waals surface area (Å²) < 4.78 is 100. The SMILES string of the molecule is Fc1ccc(-n2cnc3ccc(-c4ccnn4-c4ccc(C(F)(F)F)cc4)cc32)c(F)c1.Fc1ccc(-n2cnc3ccc(-c4ccnn4-c4ccc(Cl)cc4)cc32)c(F)c1. The van der Waals surface area contributed by atoms with E-state index in [9.17, 15) is 30.7 Å². The zero-order valence-electron chi connectivity index (χ0n) is 31.1. The lowest BCUT2D eigenvalue weighted by atomic mass is 10.1. The maximum Gasteiger partial charge on any atom is 0.416 e. The molecule has 0 saturated heterocycles. The molecule has 0 radical (unpaired) electrons. The van der Waals surface area contributed by atoms with Crippen LogP contribution in [0.5, 0.6) is 0 Å². The number of fused-ring (bicyclic) bond motifs is 2. The summed E-state index contributed by atoms with van der Waals surface area (Å²) >= 11 is 5.99. The smallest absolute Gasteiger partial charge is 0.296 e. The van der Waals surface area contributed by atoms with Crippen molar-refractivity contribution in [1.82, 2.24) is 38.7 Å². The quantitative estimate of drug-likeness (QED) is 0.156. The number of benzene rings is 6. The first kappa shape index (κ1) is 39.0. The van der Waals surface area contributed by atoms with Crippen LogP contribution in [0.3, 0.4) is 0 Å². The molecule has 8 nitrogen and oxygen atoms in total. The lowest BCUT2D eigenvalue weighted by Gasteiger charge is -2.11. The summed E-state index contributed by atoms with van der Waals surface area (Å²) in [6.45, 7) is 0. The molecule has 0 spiro atoms. The normalized spacial score (nSPS) is 11.6. The van der Waals surface area contributed by atoms with Crippen LogP contribution in [0.25, 0.3) is 67.3 Å². The molecule has 6 aromatic carbocycles. The number of imidazole rings is 2. The van der Waals surface area contributed by atoms with Crippen molar-refractivity contribution in [2.75, 3.05) is 0 Å². The van der Waals surface area contributed by atoms with Crippen molar-refractivity contribution in [3.05, 3.63) is 192 Å². The Morgan fingerprint density at radius 3 is 1.34 bits per heavy atom. The third-order valence-corrected chi connectivity index (χ3v) is 10.1. The zero-order chi connectivity index (χ0) is 42.4. The third-order valence-electron chi connectivity index (χ3n) is 9.82. The van der Waals surface area contributed by atoms with Crippen LogP contribution >= 0.6 is 11.6 Å². The molecule has 0 saturated carbocycles. The van der Waals surface area contributed by atoms with Crippen LogP contribution < -0.4 is 0 Å². The highest BCUT2D eigenvalue weighted by atomic mass is 35.5. The highest BCUT2D eigenvalue weighted by Gasteiger charge is 2.30. The summed E-state index contributed by atoms with van der Waals surface area (Å²) in [6.07, 6.45) is 1.79. The summed E-state index contributed by atoms with van der Waals surface area (Å²) in [5, 5.41) is 9.30. The lowest BCUT2D eigenvalue weighted by Crippen LogP contribution is -2.05. The van der Waals surface area contributed by atoms with Crippen molar-refractivity contribution >= 4 is 33.7 Å². The molecule has 4 heterocycles. The van der Waals surface area contributed by atoms with E-state index in [4.69, 9.17) is 11.6 Å². The maximum absolute atomic E-state index is 14.3. The monoisotopic (exact) mass is 846 g/mol. The van der Waals surface area contributed by atoms with E-state index in [0.29, 0.717) is 44.0 Å². The van der Waals surface area contributed by atoms with Gasteiger partial charge < -0.3 is 0 Å². The summed E-state index contributed by atoms with van der Waals surface area (Å²) in [5.41, 5.74) is 6.59. The van der Waals surface area contributed by atoms with Crippen molar-refractivity contribution in [3.63, 3.8) is 0 Å². The number of nitrogens with zero attached hydrogens (tertiary/aromatic N) is 8. The number of hydrogen-bond acceptors (Lipinski definition) is 4. The summed E-state index contributed by atoms with van der Waals surface area (Å²) in [5.74, 6) is -2.69. The van der Waals surface area contributed by atoms with E-state index in [1.807, 2.05) is 36.4 Å². The minimum atomic E-state index is -4.43. The minimum Gasteiger partial charge on any atom is -0.296 e. The van der Waals surface area contributed by atoms with Crippen LogP contribution in [-0.2, 0) is 6.18 Å². The number of aromatic nitrogens is 8. The van der Waals surface area contributed by atoms with Gasteiger partial charge in [-0.05, 0) is 109 Å². The van der Waals surface area contributed by atoms with Gasteiger partial charge in [0, 0.05) is 28.3 Å². The van der Waals surface area contributed by atoms with Gasteiger partial charge in [-0.15, -0.1) is 0 Å². The number of hydrogen-bond donors (Lipinski definition) is 0. The molecule has 0 unspecified atom stereocenters. The van der Waals surface area contributed by atoms with Crippen LogP contribution in [0.2, 0.25) is 5.02 Å². The molecule has 16 heteroatoms. The molecule has 0 atom stereocenters. The Morgan fingerprint density at radius 2 is 0.918 bits per heavy atom. The third kappa shape index (κ3) is 7.62. The molecule has 61 heavy (non-hydrogen) atoms. The second kappa shape index (κ2) is 15.6. The van der Waals surface area contributed by atoms with E-state index >= 15 is 0 Å². The standard InChI is InChI=1S/C23H13F5N4.C22H13ClF2N4/c24-16-4-8-21(18(25)12-16)31-13-29-19-7-1-14(11-22(19)31)20-9-10-30-32(20)17-5-2-15(3-6-17)23(26,27)28;23-15-2-5-17(6-3-15)29-20(9-10-27-29)14-1-7-19-22(11-14)28(13-26-19)21-8-4-16(24)12-18(21)25/h1-13H;1-13H. The Labute approximate surface area is 346 Å². The van der Waals surface area contributed by atoms with Gasteiger partial charge in [0.2, 0.25) is 0 Å². The Kier molecular flexibility index (Phi) is 9.95. The molecule has 0 N–H and O–H groups in total. The van der Waals surface area contributed by atoms with Crippen LogP contribution in [-0.4, -0.2) is 38.7 Å². The average Bonchev–Trinajstić information content (AvgIpc) is 4.08. The predicted molar refractivity (Wildman–Crippen MR) is 217 cm³/mol. The van der Waals surface area contributed by atoms with E-state index in [2.05, 4.69) is 20.2 Å². The molecule has 0 amide bonds. The van der Waals surface area contributed by atoms with Crippen LogP contribution in [0.4, 0.5) is 30.7 Å². The first-order valence-electron chi connectivity index (χ1n) is 18.3. The molecule has 0 aliphatic heterocycles. The largest absolute Gasteiger partial charge is 0.416 e. The maximum atomic E-state index is 14.3. The molecule has 10 rings (SSSR count). The van der Waals surface area contributed by atoms with E-state index in [1.54, 1.807) is 51.8 Å². The van der Waals surface area contributed by atoms with Crippen LogP contribution in [0, 0.1) is 23.3 Å². The van der Waals surface area contributed by atoms with E-state index in [0.717, 1.165) is 47.3 Å². The topological polar surface area (TPSA) is 71.3 Å². The molecule has 0 fully saturated rings. The Morgan fingerprint density at radius 1 is 0.475 bits per heavy atom. The number of alkyl halides is 3. The molecule has 302 valence electrons. The number of halogens is 8. The van der Waals surface area contributed by atoms with Gasteiger partial charge in [0.15, 0.2) is 0 Å². The van der Waals surface area contributed by atoms with E-state index in [-0.39, 0.29) is 11.4 Å². The first-order chi connectivity index (χ1) is 29.4. The fourth-order valence-electron chi connectivity index (χ4n) is 6.90. The lowest BCUT2D eigenvalue weighted by molar-refractivity contribution is -0.137. The second-order valence-electron chi connectivity index (χ2n) is 13.6. The number of rotatable bonds is 6. The van der Waals surface area contributed by atoms with Crippen LogP contribution in [0.1, 0.15) is 5.56 Å². The van der Waals surface area contributed by atoms with Gasteiger partial charge in [0.05, 0.1) is 74.2 Å². The van der Waals surface area contributed by atoms with Gasteiger partial charge >= 0.3 is 6.18 Å². The zero-order valence-corrected chi connectivity index (χ0v) is 31.9. The van der Waals surface area contributed by atoms with Gasteiger partial charge in [-0.1, -0.05) is 23.7 Å². The van der Waals surface area contributed by atoms with Crippen molar-refractivity contribution in [2.45, 2.75) is 6.18 Å². The van der Waals surface area contributed by atoms with E-state index in [1.165, 1.54) is 58.4 Å². The highest BCUT2D eigenvalue weighted by molar-refractivity contribution is 6.30. The molecule has 10 aromatic rings. The van der Waals surface area contributed by atoms with Gasteiger partial charge in [-0.3, -0.25) is 9.13 Å². The van der Waals surface area contributed by atoms with E-state index < -0.39 is 35.0 Å². The Hall–Kier alpha value is -7.52. The van der Waals surface area contributed by atoms with Crippen molar-refractivity contribution in [3.8, 4) is 45.3 Å². The summed E-state index contributed by atoms with van der Waals surface area (Å²) in [6, 6.07) is 33.4. The first-order valence-corrected chi connectivity index (χ1v) is 18.7. The van der Waals surface area contributed by atoms with Gasteiger partial charge in [-0.25, -0.2) is 36.9 Å². The predicted octanol–water partition coefficient (Wildman–Crippen LogP) is 12.0. The summed E-state index contributed by atoms with van der Waals surface area (Å²) in [4.78, 5) is 8.60. The highest BCUT2D eigenvalue weighted by Crippen LogP contribution is 2.33. The molecule has 0 aliphatic carbocycles. The van der Waals surface area contributed by atoms with Gasteiger partial charge in [-0.2, -0.15) is 23.4 Å². The molecule has 0 bridgehead atoms. The fraction of sp³-hybridized carbons (Fsp3) is 0.0222. The molecule has 4 aromatic heterocycles. The Balaban J connectivity index is 0.000000157. The van der Waals surface area contributed by atoms with Crippen molar-refractivity contribution in [2.24, 2.45) is 0 Å². The van der Waals surface area contributed by atoms with Crippen LogP contribution in [0.15, 0.2) is 159 Å². The second-order valence-corrected chi connectivity index (χ2v) is 14.0. The van der Waals surface area contributed by atoms with Crippen molar-refractivity contribution in [1.29, 1.82) is 0 Å². The Bertz CT molecular complexity index is 3200. The van der Waals surface area contributed by atoms with Gasteiger partial charge in [0.1, 0.15) is 35.9 Å². The van der Waals surface area contributed by atoms with Gasteiger partial charge in [0.25, 0.3) is 0 Å².